The number of rotatable bonds is 4. The van der Waals surface area contributed by atoms with Gasteiger partial charge in [-0.2, -0.15) is 0 Å². The van der Waals surface area contributed by atoms with Crippen molar-refractivity contribution in [2.24, 2.45) is 0 Å². The zero-order valence-electron chi connectivity index (χ0n) is 7.25. The average molecular weight is 158 g/mol. The summed E-state index contributed by atoms with van der Waals surface area (Å²) < 4.78 is 5.66. The first-order valence-electron chi connectivity index (χ1n) is 4.63. The predicted octanol–water partition coefficient (Wildman–Crippen LogP) is 1.72. The van der Waals surface area contributed by atoms with Gasteiger partial charge in [-0.25, -0.2) is 0 Å². The van der Waals surface area contributed by atoms with E-state index in [4.69, 9.17) is 9.84 Å². The fraction of sp³-hybridized carbons (Fsp3) is 1.00. The Morgan fingerprint density at radius 1 is 1.45 bits per heavy atom. The zero-order valence-corrected chi connectivity index (χ0v) is 7.25. The maximum atomic E-state index is 8.86. The van der Waals surface area contributed by atoms with Gasteiger partial charge < -0.3 is 9.84 Å². The molecule has 1 N–H and O–H groups in total. The van der Waals surface area contributed by atoms with Crippen molar-refractivity contribution in [1.29, 1.82) is 0 Å². The van der Waals surface area contributed by atoms with Crippen molar-refractivity contribution >= 4 is 0 Å². The van der Waals surface area contributed by atoms with Crippen LogP contribution in [0.15, 0.2) is 0 Å². The van der Waals surface area contributed by atoms with Gasteiger partial charge in [0.15, 0.2) is 0 Å². The molecule has 11 heavy (non-hydrogen) atoms. The Labute approximate surface area is 68.6 Å². The van der Waals surface area contributed by atoms with Gasteiger partial charge in [0, 0.05) is 0 Å². The summed E-state index contributed by atoms with van der Waals surface area (Å²) >= 11 is 0. The molecule has 66 valence electrons. The lowest BCUT2D eigenvalue weighted by Crippen LogP contribution is -2.22. The molecule has 0 spiro atoms. The summed E-state index contributed by atoms with van der Waals surface area (Å²) in [6.45, 7) is 2.23. The summed E-state index contributed by atoms with van der Waals surface area (Å²) in [5, 5.41) is 8.86. The summed E-state index contributed by atoms with van der Waals surface area (Å²) in [4.78, 5) is 0. The predicted molar refractivity (Wildman–Crippen MR) is 44.5 cm³/mol. The van der Waals surface area contributed by atoms with Crippen molar-refractivity contribution in [3.63, 3.8) is 0 Å². The van der Waals surface area contributed by atoms with E-state index in [1.165, 1.54) is 25.7 Å². The molecule has 1 aliphatic carbocycles. The fourth-order valence-corrected chi connectivity index (χ4v) is 1.56. The Kier molecular flexibility index (Phi) is 3.87. The van der Waals surface area contributed by atoms with Crippen molar-refractivity contribution in [2.75, 3.05) is 6.61 Å². The van der Waals surface area contributed by atoms with E-state index in [0.717, 1.165) is 6.42 Å². The molecule has 0 saturated heterocycles. The van der Waals surface area contributed by atoms with Crippen molar-refractivity contribution in [1.82, 2.24) is 0 Å². The van der Waals surface area contributed by atoms with Crippen LogP contribution in [0.2, 0.25) is 0 Å². The molecule has 1 unspecified atom stereocenters. The summed E-state index contributed by atoms with van der Waals surface area (Å²) in [6, 6.07) is 0. The van der Waals surface area contributed by atoms with Gasteiger partial charge in [-0.15, -0.1) is 0 Å². The van der Waals surface area contributed by atoms with Gasteiger partial charge >= 0.3 is 0 Å². The average Bonchev–Trinajstić information content (AvgIpc) is 2.52. The lowest BCUT2D eigenvalue weighted by molar-refractivity contribution is -0.0369. The van der Waals surface area contributed by atoms with E-state index < -0.39 is 0 Å². The van der Waals surface area contributed by atoms with Gasteiger partial charge in [0.05, 0.1) is 18.8 Å². The minimum absolute atomic E-state index is 0.0816. The van der Waals surface area contributed by atoms with E-state index in [-0.39, 0.29) is 12.7 Å². The van der Waals surface area contributed by atoms with Crippen LogP contribution in [-0.2, 0) is 4.74 Å². The van der Waals surface area contributed by atoms with Crippen molar-refractivity contribution in [3.05, 3.63) is 0 Å². The normalized spacial score (nSPS) is 22.4. The molecule has 0 radical (unpaired) electrons. The zero-order chi connectivity index (χ0) is 8.10. The minimum atomic E-state index is 0.0816. The van der Waals surface area contributed by atoms with Crippen molar-refractivity contribution in [3.8, 4) is 0 Å². The van der Waals surface area contributed by atoms with Crippen LogP contribution in [0, 0.1) is 0 Å². The Balaban J connectivity index is 2.16. The highest BCUT2D eigenvalue weighted by Gasteiger charge is 2.18. The van der Waals surface area contributed by atoms with Crippen LogP contribution in [0.3, 0.4) is 0 Å². The Hall–Kier alpha value is -0.0800. The molecule has 2 heteroatoms. The Morgan fingerprint density at radius 3 is 2.55 bits per heavy atom. The van der Waals surface area contributed by atoms with Crippen LogP contribution in [0.5, 0.6) is 0 Å². The summed E-state index contributed by atoms with van der Waals surface area (Å²) in [7, 11) is 0. The molecule has 0 aliphatic heterocycles. The Bertz CT molecular complexity index is 93.7. The van der Waals surface area contributed by atoms with E-state index in [1.54, 1.807) is 0 Å². The van der Waals surface area contributed by atoms with Crippen molar-refractivity contribution < 1.29 is 9.84 Å². The summed E-state index contributed by atoms with van der Waals surface area (Å²) in [5.41, 5.74) is 0. The number of hydrogen-bond donors (Lipinski definition) is 1. The van der Waals surface area contributed by atoms with Crippen LogP contribution < -0.4 is 0 Å². The molecule has 1 rings (SSSR count). The molecular formula is C9H18O2. The van der Waals surface area contributed by atoms with Crippen LogP contribution in [-0.4, -0.2) is 23.9 Å². The first-order chi connectivity index (χ1) is 5.36. The van der Waals surface area contributed by atoms with E-state index in [9.17, 15) is 0 Å². The van der Waals surface area contributed by atoms with Crippen LogP contribution in [0.4, 0.5) is 0 Å². The van der Waals surface area contributed by atoms with Crippen molar-refractivity contribution in [2.45, 2.75) is 51.2 Å². The second kappa shape index (κ2) is 4.73. The standard InChI is InChI=1S/C9H18O2/c1-2-8(7-10)11-9-5-3-4-6-9/h8-10H,2-7H2,1H3. The number of aliphatic hydroxyl groups excluding tert-OH is 1. The molecule has 0 bridgehead atoms. The molecule has 0 aromatic heterocycles. The lowest BCUT2D eigenvalue weighted by Gasteiger charge is -2.18. The molecule has 1 aliphatic rings. The van der Waals surface area contributed by atoms with Gasteiger partial charge in [-0.1, -0.05) is 19.8 Å². The largest absolute Gasteiger partial charge is 0.394 e. The maximum absolute atomic E-state index is 8.86. The highest BCUT2D eigenvalue weighted by Crippen LogP contribution is 2.22. The fourth-order valence-electron chi connectivity index (χ4n) is 1.56. The molecule has 0 aromatic carbocycles. The van der Waals surface area contributed by atoms with Crippen LogP contribution in [0.25, 0.3) is 0 Å². The van der Waals surface area contributed by atoms with Crippen LogP contribution in [0.1, 0.15) is 39.0 Å². The van der Waals surface area contributed by atoms with E-state index in [2.05, 4.69) is 6.92 Å². The number of hydrogen-bond acceptors (Lipinski definition) is 2. The topological polar surface area (TPSA) is 29.5 Å². The molecule has 0 heterocycles. The highest BCUT2D eigenvalue weighted by molar-refractivity contribution is 4.68. The lowest BCUT2D eigenvalue weighted by atomic mass is 10.2. The number of aliphatic hydroxyl groups is 1. The first-order valence-corrected chi connectivity index (χ1v) is 4.63. The molecule has 1 atom stereocenters. The third kappa shape index (κ3) is 2.80. The van der Waals surface area contributed by atoms with Gasteiger partial charge in [-0.05, 0) is 19.3 Å². The molecule has 1 fully saturated rings. The van der Waals surface area contributed by atoms with E-state index in [1.807, 2.05) is 0 Å². The quantitative estimate of drug-likeness (QED) is 0.675. The second-order valence-corrected chi connectivity index (χ2v) is 3.26. The minimum Gasteiger partial charge on any atom is -0.394 e. The van der Waals surface area contributed by atoms with E-state index >= 15 is 0 Å². The monoisotopic (exact) mass is 158 g/mol. The van der Waals surface area contributed by atoms with Gasteiger partial charge in [0.25, 0.3) is 0 Å². The summed E-state index contributed by atoms with van der Waals surface area (Å²) in [6.07, 6.45) is 6.42. The Morgan fingerprint density at radius 2 is 2.09 bits per heavy atom. The third-order valence-corrected chi connectivity index (χ3v) is 2.35. The highest BCUT2D eigenvalue weighted by atomic mass is 16.5. The van der Waals surface area contributed by atoms with Gasteiger partial charge in [-0.3, -0.25) is 0 Å². The number of ether oxygens (including phenoxy) is 1. The molecule has 0 aromatic rings. The smallest absolute Gasteiger partial charge is 0.0806 e. The molecular weight excluding hydrogens is 140 g/mol. The van der Waals surface area contributed by atoms with Crippen LogP contribution >= 0.6 is 0 Å². The summed E-state index contributed by atoms with van der Waals surface area (Å²) in [5.74, 6) is 0. The third-order valence-electron chi connectivity index (χ3n) is 2.35. The maximum Gasteiger partial charge on any atom is 0.0806 e. The molecule has 2 nitrogen and oxygen atoms in total. The first kappa shape index (κ1) is 9.01. The molecule has 0 amide bonds. The molecule has 1 saturated carbocycles. The SMILES string of the molecule is CCC(CO)OC1CCCC1. The second-order valence-electron chi connectivity index (χ2n) is 3.26. The van der Waals surface area contributed by atoms with Gasteiger partial charge in [0.2, 0.25) is 0 Å². The van der Waals surface area contributed by atoms with Gasteiger partial charge in [0.1, 0.15) is 0 Å². The van der Waals surface area contributed by atoms with E-state index in [0.29, 0.717) is 6.10 Å².